The first-order chi connectivity index (χ1) is 8.99. The Balaban J connectivity index is 1.93. The molecule has 0 aromatic carbocycles. The molecule has 0 bridgehead atoms. The molecule has 0 spiro atoms. The molecule has 102 valence electrons. The molecule has 1 aliphatic carbocycles. The highest BCUT2D eigenvalue weighted by Gasteiger charge is 2.39. The Hall–Kier alpha value is -1.62. The van der Waals surface area contributed by atoms with E-state index in [1.54, 1.807) is 17.4 Å². The summed E-state index contributed by atoms with van der Waals surface area (Å²) in [5.74, 6) is -1.08. The first-order valence-electron chi connectivity index (χ1n) is 6.28. The zero-order valence-corrected chi connectivity index (χ0v) is 11.6. The van der Waals surface area contributed by atoms with Gasteiger partial charge in [-0.1, -0.05) is 0 Å². The highest BCUT2D eigenvalue weighted by Crippen LogP contribution is 2.34. The van der Waals surface area contributed by atoms with Crippen LogP contribution in [0.15, 0.2) is 18.2 Å². The fourth-order valence-corrected chi connectivity index (χ4v) is 3.02. The summed E-state index contributed by atoms with van der Waals surface area (Å²) in [6.07, 6.45) is 5.72. The standard InChI is InChI=1S/C14H17NO3S/c1-10-3-4-11(19-10)5-6-12(16)15-14(7-2-8-14)9-13(17)18/h3-6H,2,7-9H2,1H3,(H,15,16)(H,17,18). The van der Waals surface area contributed by atoms with E-state index in [0.29, 0.717) is 0 Å². The van der Waals surface area contributed by atoms with Gasteiger partial charge in [0.25, 0.3) is 0 Å². The molecule has 0 aliphatic heterocycles. The lowest BCUT2D eigenvalue weighted by Crippen LogP contribution is -2.54. The molecular formula is C14H17NO3S. The molecule has 1 amide bonds. The lowest BCUT2D eigenvalue weighted by Gasteiger charge is -2.41. The van der Waals surface area contributed by atoms with Crippen LogP contribution in [0.2, 0.25) is 0 Å². The van der Waals surface area contributed by atoms with Crippen LogP contribution < -0.4 is 5.32 Å². The van der Waals surface area contributed by atoms with Gasteiger partial charge >= 0.3 is 5.97 Å². The van der Waals surface area contributed by atoms with Crippen molar-refractivity contribution in [3.8, 4) is 0 Å². The molecule has 0 radical (unpaired) electrons. The first kappa shape index (κ1) is 13.8. The number of carbonyl (C=O) groups is 2. The van der Waals surface area contributed by atoms with Crippen molar-refractivity contribution in [2.45, 2.75) is 38.1 Å². The van der Waals surface area contributed by atoms with Crippen molar-refractivity contribution in [3.63, 3.8) is 0 Å². The summed E-state index contributed by atoms with van der Waals surface area (Å²) in [4.78, 5) is 24.8. The minimum atomic E-state index is -0.863. The maximum absolute atomic E-state index is 11.8. The SMILES string of the molecule is Cc1ccc(C=CC(=O)NC2(CC(=O)O)CCC2)s1. The summed E-state index contributed by atoms with van der Waals surface area (Å²) in [6.45, 7) is 2.01. The molecule has 1 fully saturated rings. The van der Waals surface area contributed by atoms with E-state index in [0.717, 1.165) is 24.1 Å². The van der Waals surface area contributed by atoms with Gasteiger partial charge in [-0.05, 0) is 44.4 Å². The van der Waals surface area contributed by atoms with Crippen molar-refractivity contribution < 1.29 is 14.7 Å². The number of nitrogens with one attached hydrogen (secondary N) is 1. The van der Waals surface area contributed by atoms with Gasteiger partial charge in [-0.3, -0.25) is 9.59 Å². The second-order valence-corrected chi connectivity index (χ2v) is 6.29. The molecule has 1 saturated carbocycles. The largest absolute Gasteiger partial charge is 0.481 e. The predicted molar refractivity (Wildman–Crippen MR) is 75.1 cm³/mol. The van der Waals surface area contributed by atoms with E-state index >= 15 is 0 Å². The third kappa shape index (κ3) is 3.67. The van der Waals surface area contributed by atoms with Crippen molar-refractivity contribution in [2.75, 3.05) is 0 Å². The molecule has 4 nitrogen and oxygen atoms in total. The average Bonchev–Trinajstić information content (AvgIpc) is 2.69. The number of carboxylic acid groups (broad SMARTS) is 1. The fraction of sp³-hybridized carbons (Fsp3) is 0.429. The minimum Gasteiger partial charge on any atom is -0.481 e. The molecule has 1 heterocycles. The van der Waals surface area contributed by atoms with Crippen LogP contribution in [0.5, 0.6) is 0 Å². The van der Waals surface area contributed by atoms with Crippen LogP contribution in [0.3, 0.4) is 0 Å². The van der Waals surface area contributed by atoms with Crippen molar-refractivity contribution >= 4 is 29.3 Å². The first-order valence-corrected chi connectivity index (χ1v) is 7.09. The Morgan fingerprint density at radius 1 is 1.47 bits per heavy atom. The van der Waals surface area contributed by atoms with Gasteiger partial charge in [-0.25, -0.2) is 0 Å². The van der Waals surface area contributed by atoms with Crippen molar-refractivity contribution in [1.82, 2.24) is 5.32 Å². The summed E-state index contributed by atoms with van der Waals surface area (Å²) >= 11 is 1.62. The molecule has 2 rings (SSSR count). The number of aliphatic carboxylic acids is 1. The molecule has 5 heteroatoms. The molecule has 1 aromatic rings. The Labute approximate surface area is 116 Å². The van der Waals surface area contributed by atoms with Crippen molar-refractivity contribution in [3.05, 3.63) is 28.0 Å². The van der Waals surface area contributed by atoms with Crippen LogP contribution in [0.25, 0.3) is 6.08 Å². The third-order valence-corrected chi connectivity index (χ3v) is 4.31. The van der Waals surface area contributed by atoms with E-state index in [4.69, 9.17) is 5.11 Å². The van der Waals surface area contributed by atoms with E-state index in [1.807, 2.05) is 19.1 Å². The van der Waals surface area contributed by atoms with Gasteiger partial charge in [-0.2, -0.15) is 0 Å². The van der Waals surface area contributed by atoms with Crippen LogP contribution in [0.4, 0.5) is 0 Å². The highest BCUT2D eigenvalue weighted by atomic mass is 32.1. The number of thiophene rings is 1. The third-order valence-electron chi connectivity index (χ3n) is 3.35. The molecular weight excluding hydrogens is 262 g/mol. The quantitative estimate of drug-likeness (QED) is 0.814. The zero-order chi connectivity index (χ0) is 13.9. The molecule has 0 saturated heterocycles. The van der Waals surface area contributed by atoms with E-state index in [1.165, 1.54) is 11.0 Å². The lowest BCUT2D eigenvalue weighted by molar-refractivity contribution is -0.140. The van der Waals surface area contributed by atoms with Crippen molar-refractivity contribution in [2.24, 2.45) is 0 Å². The Bertz CT molecular complexity index is 515. The van der Waals surface area contributed by atoms with Crippen LogP contribution in [0, 0.1) is 6.92 Å². The number of amides is 1. The second kappa shape index (κ2) is 5.57. The molecule has 1 aromatic heterocycles. The summed E-state index contributed by atoms with van der Waals surface area (Å²) < 4.78 is 0. The number of carbonyl (C=O) groups excluding carboxylic acids is 1. The monoisotopic (exact) mass is 279 g/mol. The minimum absolute atomic E-state index is 0.00465. The topological polar surface area (TPSA) is 66.4 Å². The number of aryl methyl sites for hydroxylation is 1. The maximum atomic E-state index is 11.8. The van der Waals surface area contributed by atoms with Gasteiger partial charge in [0.2, 0.25) is 5.91 Å². The lowest BCUT2D eigenvalue weighted by atomic mass is 9.74. The summed E-state index contributed by atoms with van der Waals surface area (Å²) in [5, 5.41) is 11.7. The number of hydrogen-bond donors (Lipinski definition) is 2. The summed E-state index contributed by atoms with van der Waals surface area (Å²) in [7, 11) is 0. The summed E-state index contributed by atoms with van der Waals surface area (Å²) in [5.41, 5.74) is -0.529. The fourth-order valence-electron chi connectivity index (χ4n) is 2.24. The van der Waals surface area contributed by atoms with Crippen LogP contribution in [0.1, 0.15) is 35.4 Å². The van der Waals surface area contributed by atoms with Gasteiger partial charge < -0.3 is 10.4 Å². The second-order valence-electron chi connectivity index (χ2n) is 4.98. The summed E-state index contributed by atoms with van der Waals surface area (Å²) in [6, 6.07) is 3.96. The number of carboxylic acids is 1. The number of hydrogen-bond acceptors (Lipinski definition) is 3. The zero-order valence-electron chi connectivity index (χ0n) is 10.8. The van der Waals surface area contributed by atoms with Crippen LogP contribution >= 0.6 is 11.3 Å². The molecule has 2 N–H and O–H groups in total. The maximum Gasteiger partial charge on any atom is 0.305 e. The van der Waals surface area contributed by atoms with Crippen molar-refractivity contribution in [1.29, 1.82) is 0 Å². The average molecular weight is 279 g/mol. The Morgan fingerprint density at radius 3 is 2.68 bits per heavy atom. The highest BCUT2D eigenvalue weighted by molar-refractivity contribution is 7.12. The van der Waals surface area contributed by atoms with E-state index < -0.39 is 11.5 Å². The molecule has 19 heavy (non-hydrogen) atoms. The normalized spacial score (nSPS) is 17.1. The van der Waals surface area contributed by atoms with Gasteiger partial charge in [0.05, 0.1) is 12.0 Å². The van der Waals surface area contributed by atoms with Gasteiger partial charge in [0.15, 0.2) is 0 Å². The van der Waals surface area contributed by atoms with Gasteiger partial charge in [-0.15, -0.1) is 11.3 Å². The van der Waals surface area contributed by atoms with E-state index in [-0.39, 0.29) is 12.3 Å². The molecule has 1 aliphatic rings. The van der Waals surface area contributed by atoms with E-state index in [2.05, 4.69) is 5.32 Å². The molecule has 0 unspecified atom stereocenters. The molecule has 0 atom stereocenters. The van der Waals surface area contributed by atoms with E-state index in [9.17, 15) is 9.59 Å². The van der Waals surface area contributed by atoms with Gasteiger partial charge in [0.1, 0.15) is 0 Å². The van der Waals surface area contributed by atoms with Crippen LogP contribution in [-0.2, 0) is 9.59 Å². The Morgan fingerprint density at radius 2 is 2.21 bits per heavy atom. The van der Waals surface area contributed by atoms with Gasteiger partial charge in [0, 0.05) is 15.8 Å². The predicted octanol–water partition coefficient (Wildman–Crippen LogP) is 2.58. The number of rotatable bonds is 5. The van der Waals surface area contributed by atoms with Crippen LogP contribution in [-0.4, -0.2) is 22.5 Å². The smallest absolute Gasteiger partial charge is 0.305 e. The Kier molecular flexibility index (Phi) is 4.04.